The van der Waals surface area contributed by atoms with Crippen molar-refractivity contribution in [3.05, 3.63) is 0 Å². The minimum atomic E-state index is -0.385. The molecule has 0 atom stereocenters. The summed E-state index contributed by atoms with van der Waals surface area (Å²) in [5.41, 5.74) is 0. The molecule has 0 saturated carbocycles. The van der Waals surface area contributed by atoms with Crippen molar-refractivity contribution in [2.45, 2.75) is 71.1 Å². The molecule has 0 amide bonds. The maximum Gasteiger partial charge on any atom is 0.133 e. The van der Waals surface area contributed by atoms with Gasteiger partial charge in [0, 0.05) is 0 Å². The van der Waals surface area contributed by atoms with Gasteiger partial charge >= 0.3 is 0 Å². The number of rotatable bonds is 10. The highest BCUT2D eigenvalue weighted by Gasteiger charge is 2.03. The summed E-state index contributed by atoms with van der Waals surface area (Å²) in [7, 11) is 0. The van der Waals surface area contributed by atoms with Gasteiger partial charge in [-0.1, -0.05) is 64.7 Å². The minimum Gasteiger partial charge on any atom is -0.197 e. The SMILES string of the molecule is CCCCCCCCCCCC(C#N)C#N. The predicted octanol–water partition coefficient (Wildman–Crippen LogP) is 4.57. The van der Waals surface area contributed by atoms with Gasteiger partial charge in [-0.05, 0) is 6.42 Å². The Morgan fingerprint density at radius 3 is 1.62 bits per heavy atom. The summed E-state index contributed by atoms with van der Waals surface area (Å²) in [6.45, 7) is 2.24. The van der Waals surface area contributed by atoms with Gasteiger partial charge in [-0.3, -0.25) is 0 Å². The fourth-order valence-corrected chi connectivity index (χ4v) is 1.82. The molecule has 0 bridgehead atoms. The first-order valence-electron chi connectivity index (χ1n) is 6.64. The molecule has 16 heavy (non-hydrogen) atoms. The third-order valence-electron chi connectivity index (χ3n) is 2.91. The summed E-state index contributed by atoms with van der Waals surface area (Å²) in [4.78, 5) is 0. The third kappa shape index (κ3) is 9.53. The van der Waals surface area contributed by atoms with Crippen LogP contribution in [0.25, 0.3) is 0 Å². The zero-order valence-electron chi connectivity index (χ0n) is 10.5. The van der Waals surface area contributed by atoms with Gasteiger partial charge in [0.25, 0.3) is 0 Å². The number of hydrogen-bond acceptors (Lipinski definition) is 2. The molecule has 0 aromatic rings. The molecule has 0 aliphatic heterocycles. The molecule has 2 nitrogen and oxygen atoms in total. The lowest BCUT2D eigenvalue weighted by atomic mass is 10.0. The van der Waals surface area contributed by atoms with Gasteiger partial charge in [-0.25, -0.2) is 0 Å². The zero-order chi connectivity index (χ0) is 12.1. The summed E-state index contributed by atoms with van der Waals surface area (Å²) in [5.74, 6) is -0.385. The number of nitriles is 2. The van der Waals surface area contributed by atoms with Crippen molar-refractivity contribution >= 4 is 0 Å². The van der Waals surface area contributed by atoms with E-state index in [0.29, 0.717) is 0 Å². The van der Waals surface area contributed by atoms with E-state index in [1.165, 1.54) is 51.4 Å². The molecule has 0 rings (SSSR count). The average molecular weight is 220 g/mol. The van der Waals surface area contributed by atoms with Crippen LogP contribution in [0.5, 0.6) is 0 Å². The highest BCUT2D eigenvalue weighted by molar-refractivity contribution is 4.98. The minimum absolute atomic E-state index is 0.385. The Balaban J connectivity index is 3.11. The van der Waals surface area contributed by atoms with Crippen molar-refractivity contribution in [2.75, 3.05) is 0 Å². The lowest BCUT2D eigenvalue weighted by Gasteiger charge is -2.02. The Bertz CT molecular complexity index is 208. The van der Waals surface area contributed by atoms with Gasteiger partial charge in [0.1, 0.15) is 5.92 Å². The van der Waals surface area contributed by atoms with Crippen LogP contribution in [-0.4, -0.2) is 0 Å². The summed E-state index contributed by atoms with van der Waals surface area (Å²) in [6.07, 6.45) is 12.3. The van der Waals surface area contributed by atoms with Crippen LogP contribution in [0, 0.1) is 28.6 Å². The van der Waals surface area contributed by atoms with E-state index in [0.717, 1.165) is 12.8 Å². The Labute approximate surface area is 100 Å². The molecule has 0 aliphatic carbocycles. The van der Waals surface area contributed by atoms with Crippen LogP contribution in [-0.2, 0) is 0 Å². The second-order valence-corrected chi connectivity index (χ2v) is 4.43. The molecule has 0 aromatic heterocycles. The normalized spacial score (nSPS) is 10.0. The highest BCUT2D eigenvalue weighted by Crippen LogP contribution is 2.12. The molecule has 0 fully saturated rings. The monoisotopic (exact) mass is 220 g/mol. The predicted molar refractivity (Wildman–Crippen MR) is 66.6 cm³/mol. The van der Waals surface area contributed by atoms with E-state index in [2.05, 4.69) is 6.92 Å². The average Bonchev–Trinajstić information content (AvgIpc) is 2.32. The Kier molecular flexibility index (Phi) is 11.3. The standard InChI is InChI=1S/C14H24N2/c1-2-3-4-5-6-7-8-9-10-11-14(12-15)13-16/h14H,2-11H2,1H3. The summed E-state index contributed by atoms with van der Waals surface area (Å²) >= 11 is 0. The van der Waals surface area contributed by atoms with E-state index in [4.69, 9.17) is 10.5 Å². The van der Waals surface area contributed by atoms with Crippen molar-refractivity contribution in [3.63, 3.8) is 0 Å². The zero-order valence-corrected chi connectivity index (χ0v) is 10.5. The van der Waals surface area contributed by atoms with Crippen molar-refractivity contribution in [1.82, 2.24) is 0 Å². The van der Waals surface area contributed by atoms with Gasteiger partial charge < -0.3 is 0 Å². The number of hydrogen-bond donors (Lipinski definition) is 0. The number of nitrogens with zero attached hydrogens (tertiary/aromatic N) is 2. The van der Waals surface area contributed by atoms with E-state index >= 15 is 0 Å². The highest BCUT2D eigenvalue weighted by atomic mass is 14.3. The van der Waals surface area contributed by atoms with Crippen molar-refractivity contribution in [1.29, 1.82) is 10.5 Å². The molecule has 0 aliphatic rings. The Morgan fingerprint density at radius 1 is 0.750 bits per heavy atom. The van der Waals surface area contributed by atoms with Crippen LogP contribution in [0.15, 0.2) is 0 Å². The molecule has 0 unspecified atom stereocenters. The lowest BCUT2D eigenvalue weighted by molar-refractivity contribution is 0.546. The molecule has 90 valence electrons. The van der Waals surface area contributed by atoms with E-state index in [1.807, 2.05) is 12.1 Å². The smallest absolute Gasteiger partial charge is 0.133 e. The topological polar surface area (TPSA) is 47.6 Å². The lowest BCUT2D eigenvalue weighted by Crippen LogP contribution is -1.92. The van der Waals surface area contributed by atoms with Crippen molar-refractivity contribution in [3.8, 4) is 12.1 Å². The summed E-state index contributed by atoms with van der Waals surface area (Å²) in [5, 5.41) is 17.2. The van der Waals surface area contributed by atoms with Gasteiger partial charge in [-0.15, -0.1) is 0 Å². The molecule has 0 saturated heterocycles. The molecular formula is C14H24N2. The van der Waals surface area contributed by atoms with Crippen LogP contribution in [0.2, 0.25) is 0 Å². The van der Waals surface area contributed by atoms with Gasteiger partial charge in [0.2, 0.25) is 0 Å². The van der Waals surface area contributed by atoms with Gasteiger partial charge in [0.05, 0.1) is 12.1 Å². The van der Waals surface area contributed by atoms with Crippen LogP contribution in [0.1, 0.15) is 71.1 Å². The van der Waals surface area contributed by atoms with E-state index in [-0.39, 0.29) is 5.92 Å². The largest absolute Gasteiger partial charge is 0.197 e. The molecule has 0 radical (unpaired) electrons. The van der Waals surface area contributed by atoms with Crippen molar-refractivity contribution < 1.29 is 0 Å². The van der Waals surface area contributed by atoms with E-state index in [1.54, 1.807) is 0 Å². The second-order valence-electron chi connectivity index (χ2n) is 4.43. The van der Waals surface area contributed by atoms with E-state index in [9.17, 15) is 0 Å². The molecule has 0 N–H and O–H groups in total. The van der Waals surface area contributed by atoms with Crippen LogP contribution in [0.4, 0.5) is 0 Å². The third-order valence-corrected chi connectivity index (χ3v) is 2.91. The molecule has 0 aromatic carbocycles. The van der Waals surface area contributed by atoms with Crippen molar-refractivity contribution in [2.24, 2.45) is 5.92 Å². The molecular weight excluding hydrogens is 196 g/mol. The van der Waals surface area contributed by atoms with Gasteiger partial charge in [0.15, 0.2) is 0 Å². The first-order valence-corrected chi connectivity index (χ1v) is 6.64. The quantitative estimate of drug-likeness (QED) is 0.506. The molecule has 2 heteroatoms. The van der Waals surface area contributed by atoms with E-state index < -0.39 is 0 Å². The maximum atomic E-state index is 8.58. The second kappa shape index (κ2) is 12.1. The van der Waals surface area contributed by atoms with Crippen LogP contribution < -0.4 is 0 Å². The summed E-state index contributed by atoms with van der Waals surface area (Å²) in [6, 6.07) is 4.03. The van der Waals surface area contributed by atoms with Gasteiger partial charge in [-0.2, -0.15) is 10.5 Å². The summed E-state index contributed by atoms with van der Waals surface area (Å²) < 4.78 is 0. The maximum absolute atomic E-state index is 8.58. The van der Waals surface area contributed by atoms with Crippen LogP contribution >= 0.6 is 0 Å². The fraction of sp³-hybridized carbons (Fsp3) is 0.857. The Hall–Kier alpha value is -1.02. The fourth-order valence-electron chi connectivity index (χ4n) is 1.82. The first-order chi connectivity index (χ1) is 7.85. The first kappa shape index (κ1) is 15.0. The Morgan fingerprint density at radius 2 is 1.19 bits per heavy atom. The van der Waals surface area contributed by atoms with Crippen LogP contribution in [0.3, 0.4) is 0 Å². The molecule has 0 spiro atoms. The number of unbranched alkanes of at least 4 members (excludes halogenated alkanes) is 8. The molecule has 0 heterocycles.